The van der Waals surface area contributed by atoms with Gasteiger partial charge in [0.1, 0.15) is 0 Å². The number of rotatable bonds is 4. The Morgan fingerprint density at radius 1 is 1.36 bits per heavy atom. The number of amides is 1. The van der Waals surface area contributed by atoms with Crippen molar-refractivity contribution in [3.63, 3.8) is 0 Å². The molecule has 0 fully saturated rings. The number of nitrogens with one attached hydrogen (secondary N) is 1. The van der Waals surface area contributed by atoms with Gasteiger partial charge in [0.2, 0.25) is 0 Å². The molecule has 0 aliphatic carbocycles. The number of benzene rings is 2. The van der Waals surface area contributed by atoms with Crippen LogP contribution in [0.25, 0.3) is 10.9 Å². The molecule has 0 unspecified atom stereocenters. The van der Waals surface area contributed by atoms with Crippen molar-refractivity contribution in [2.45, 2.75) is 6.42 Å². The second-order valence-corrected chi connectivity index (χ2v) is 6.93. The fourth-order valence-corrected chi connectivity index (χ4v) is 3.44. The number of nitrogens with zero attached hydrogens (tertiary/aromatic N) is 2. The topological polar surface area (TPSA) is 82.5 Å². The molecule has 2 aromatic carbocycles. The normalized spacial score (nSPS) is 15.6. The van der Waals surface area contributed by atoms with Crippen LogP contribution >= 0.6 is 0 Å². The first-order valence-corrected chi connectivity index (χ1v) is 9.09. The van der Waals surface area contributed by atoms with E-state index in [2.05, 4.69) is 10.3 Å². The summed E-state index contributed by atoms with van der Waals surface area (Å²) in [5.41, 5.74) is 1.94. The van der Waals surface area contributed by atoms with Crippen LogP contribution in [0.5, 0.6) is 11.5 Å². The highest BCUT2D eigenvalue weighted by Gasteiger charge is 2.23. The highest BCUT2D eigenvalue weighted by molar-refractivity contribution is 5.97. The van der Waals surface area contributed by atoms with Crippen LogP contribution in [0.3, 0.4) is 0 Å². The fraction of sp³-hybridized carbons (Fsp3) is 0.286. The van der Waals surface area contributed by atoms with Crippen LogP contribution in [0.2, 0.25) is 0 Å². The van der Waals surface area contributed by atoms with Crippen molar-refractivity contribution in [3.8, 4) is 11.5 Å². The molecule has 1 amide bonds. The van der Waals surface area contributed by atoms with Crippen molar-refractivity contribution in [3.05, 3.63) is 64.2 Å². The van der Waals surface area contributed by atoms with Crippen molar-refractivity contribution in [2.24, 2.45) is 13.0 Å². The summed E-state index contributed by atoms with van der Waals surface area (Å²) in [6.07, 6.45) is 2.26. The lowest BCUT2D eigenvalue weighted by molar-refractivity contribution is 0.0938. The Hall–Kier alpha value is -3.35. The molecule has 28 heavy (non-hydrogen) atoms. The lowest BCUT2D eigenvalue weighted by Crippen LogP contribution is -2.34. The van der Waals surface area contributed by atoms with Gasteiger partial charge in [-0.15, -0.1) is 0 Å². The molecule has 3 aromatic rings. The molecular weight excluding hydrogens is 358 g/mol. The number of methoxy groups -OCH3 is 1. The SMILES string of the molecule is COc1cccc2c1OC[C@H](CNC(=O)c1ccc3c(=O)n(C)cnc3c1)C2. The highest BCUT2D eigenvalue weighted by Crippen LogP contribution is 2.35. The second-order valence-electron chi connectivity index (χ2n) is 6.93. The van der Waals surface area contributed by atoms with Crippen LogP contribution in [0.1, 0.15) is 15.9 Å². The first-order chi connectivity index (χ1) is 13.6. The standard InChI is InChI=1S/C21H21N3O4/c1-24-12-23-17-9-15(6-7-16(17)21(24)26)20(25)22-10-13-8-14-4-3-5-18(27-2)19(14)28-11-13/h3-7,9,12-13H,8,10-11H2,1-2H3,(H,22,25)/t13-/m0/s1. The van der Waals surface area contributed by atoms with E-state index in [9.17, 15) is 9.59 Å². The summed E-state index contributed by atoms with van der Waals surface area (Å²) in [6, 6.07) is 10.8. The van der Waals surface area contributed by atoms with E-state index in [1.165, 1.54) is 10.9 Å². The Bertz CT molecular complexity index is 1110. The zero-order valence-electron chi connectivity index (χ0n) is 15.8. The number of ether oxygens (including phenoxy) is 2. The number of carbonyl (C=O) groups excluding carboxylic acids is 1. The number of carbonyl (C=O) groups is 1. The molecule has 1 aliphatic rings. The van der Waals surface area contributed by atoms with Gasteiger partial charge in [0.15, 0.2) is 11.5 Å². The van der Waals surface area contributed by atoms with Crippen LogP contribution in [-0.2, 0) is 13.5 Å². The summed E-state index contributed by atoms with van der Waals surface area (Å²) in [5, 5.41) is 3.45. The first-order valence-electron chi connectivity index (χ1n) is 9.09. The molecule has 1 N–H and O–H groups in total. The van der Waals surface area contributed by atoms with Crippen LogP contribution in [0.4, 0.5) is 0 Å². The zero-order valence-corrected chi connectivity index (χ0v) is 15.8. The van der Waals surface area contributed by atoms with Crippen LogP contribution in [0, 0.1) is 5.92 Å². The molecule has 0 saturated heterocycles. The van der Waals surface area contributed by atoms with Crippen LogP contribution in [-0.4, -0.2) is 35.7 Å². The molecule has 2 heterocycles. The van der Waals surface area contributed by atoms with E-state index < -0.39 is 0 Å². The summed E-state index contributed by atoms with van der Waals surface area (Å²) in [5.74, 6) is 1.50. The van der Waals surface area contributed by atoms with Gasteiger partial charge in [-0.1, -0.05) is 12.1 Å². The van der Waals surface area contributed by atoms with Crippen molar-refractivity contribution < 1.29 is 14.3 Å². The molecule has 0 saturated carbocycles. The van der Waals surface area contributed by atoms with Gasteiger partial charge in [-0.25, -0.2) is 4.98 Å². The van der Waals surface area contributed by atoms with Gasteiger partial charge < -0.3 is 19.4 Å². The van der Waals surface area contributed by atoms with Gasteiger partial charge in [0.05, 0.1) is 30.9 Å². The van der Waals surface area contributed by atoms with Crippen molar-refractivity contribution >= 4 is 16.8 Å². The van der Waals surface area contributed by atoms with E-state index in [1.54, 1.807) is 32.4 Å². The maximum atomic E-state index is 12.5. The third-order valence-corrected chi connectivity index (χ3v) is 4.98. The summed E-state index contributed by atoms with van der Waals surface area (Å²) < 4.78 is 12.6. The number of hydrogen-bond acceptors (Lipinski definition) is 5. The first kappa shape index (κ1) is 18.0. The predicted molar refractivity (Wildman–Crippen MR) is 105 cm³/mol. The maximum absolute atomic E-state index is 12.5. The number of hydrogen-bond donors (Lipinski definition) is 1. The Kier molecular flexibility index (Phi) is 4.73. The number of aromatic nitrogens is 2. The minimum atomic E-state index is -0.194. The summed E-state index contributed by atoms with van der Waals surface area (Å²) in [7, 11) is 3.27. The van der Waals surface area contributed by atoms with Gasteiger partial charge in [-0.3, -0.25) is 9.59 Å². The summed E-state index contributed by atoms with van der Waals surface area (Å²) in [6.45, 7) is 1.01. The second kappa shape index (κ2) is 7.34. The largest absolute Gasteiger partial charge is 0.493 e. The molecule has 1 aliphatic heterocycles. The average molecular weight is 379 g/mol. The van der Waals surface area contributed by atoms with E-state index in [0.717, 1.165) is 23.5 Å². The van der Waals surface area contributed by atoms with Gasteiger partial charge in [-0.05, 0) is 36.2 Å². The van der Waals surface area contributed by atoms with Crippen LogP contribution < -0.4 is 20.3 Å². The number of fused-ring (bicyclic) bond motifs is 2. The monoisotopic (exact) mass is 379 g/mol. The third-order valence-electron chi connectivity index (χ3n) is 4.98. The van der Waals surface area contributed by atoms with E-state index in [0.29, 0.717) is 29.6 Å². The third kappa shape index (κ3) is 3.31. The van der Waals surface area contributed by atoms with E-state index >= 15 is 0 Å². The Morgan fingerprint density at radius 2 is 2.21 bits per heavy atom. The smallest absolute Gasteiger partial charge is 0.260 e. The Morgan fingerprint density at radius 3 is 3.04 bits per heavy atom. The van der Waals surface area contributed by atoms with E-state index in [-0.39, 0.29) is 17.4 Å². The molecule has 1 aromatic heterocycles. The van der Waals surface area contributed by atoms with Crippen molar-refractivity contribution in [2.75, 3.05) is 20.3 Å². The average Bonchev–Trinajstić information content (AvgIpc) is 2.73. The Balaban J connectivity index is 1.44. The zero-order chi connectivity index (χ0) is 19.7. The minimum absolute atomic E-state index is 0.134. The fourth-order valence-electron chi connectivity index (χ4n) is 3.44. The van der Waals surface area contributed by atoms with Gasteiger partial charge in [-0.2, -0.15) is 0 Å². The van der Waals surface area contributed by atoms with Gasteiger partial charge in [0.25, 0.3) is 11.5 Å². The molecule has 4 rings (SSSR count). The van der Waals surface area contributed by atoms with Crippen molar-refractivity contribution in [1.82, 2.24) is 14.9 Å². The minimum Gasteiger partial charge on any atom is -0.493 e. The molecule has 0 bridgehead atoms. The van der Waals surface area contributed by atoms with Gasteiger partial charge >= 0.3 is 0 Å². The lowest BCUT2D eigenvalue weighted by Gasteiger charge is -2.26. The molecule has 0 radical (unpaired) electrons. The van der Waals surface area contributed by atoms with E-state index in [1.807, 2.05) is 18.2 Å². The highest BCUT2D eigenvalue weighted by atomic mass is 16.5. The lowest BCUT2D eigenvalue weighted by atomic mass is 9.96. The summed E-state index contributed by atoms with van der Waals surface area (Å²) >= 11 is 0. The molecule has 7 nitrogen and oxygen atoms in total. The quantitative estimate of drug-likeness (QED) is 0.749. The molecular formula is C21H21N3O4. The number of para-hydroxylation sites is 1. The predicted octanol–water partition coefficient (Wildman–Crippen LogP) is 1.92. The Labute approximate surface area is 161 Å². The van der Waals surface area contributed by atoms with Crippen LogP contribution in [0.15, 0.2) is 47.5 Å². The summed E-state index contributed by atoms with van der Waals surface area (Å²) in [4.78, 5) is 28.9. The molecule has 7 heteroatoms. The van der Waals surface area contributed by atoms with Crippen molar-refractivity contribution in [1.29, 1.82) is 0 Å². The maximum Gasteiger partial charge on any atom is 0.260 e. The molecule has 144 valence electrons. The molecule has 0 spiro atoms. The number of aryl methyl sites for hydroxylation is 1. The molecule has 1 atom stereocenters. The van der Waals surface area contributed by atoms with E-state index in [4.69, 9.17) is 9.47 Å². The van der Waals surface area contributed by atoms with Gasteiger partial charge in [0, 0.05) is 25.1 Å².